The maximum Gasteiger partial charge on any atom is 0.311 e. The van der Waals surface area contributed by atoms with Crippen molar-refractivity contribution in [1.82, 2.24) is 0 Å². The van der Waals surface area contributed by atoms with Crippen LogP contribution < -0.4 is 18.9 Å². The van der Waals surface area contributed by atoms with E-state index < -0.39 is 21.8 Å². The first kappa shape index (κ1) is 41.4. The van der Waals surface area contributed by atoms with Gasteiger partial charge in [-0.3, -0.25) is 9.59 Å². The third kappa shape index (κ3) is 11.9. The molecule has 0 heterocycles. The molecule has 0 aliphatic heterocycles. The summed E-state index contributed by atoms with van der Waals surface area (Å²) in [6, 6.07) is 45.5. The van der Waals surface area contributed by atoms with Gasteiger partial charge in [-0.05, 0) is 145 Å². The van der Waals surface area contributed by atoms with E-state index in [4.69, 9.17) is 29.5 Å². The molecule has 0 amide bonds. The van der Waals surface area contributed by atoms with Gasteiger partial charge in [-0.25, -0.2) is 8.42 Å². The molecule has 0 aliphatic rings. The van der Waals surface area contributed by atoms with Gasteiger partial charge in [0.15, 0.2) is 0 Å². The Morgan fingerprint density at radius 1 is 0.424 bits per heavy atom. The molecule has 11 heteroatoms. The minimum absolute atomic E-state index is 0.0218. The number of carbonyl (C=O) groups excluding carboxylic acids is 2. The molecule has 296 valence electrons. The van der Waals surface area contributed by atoms with Gasteiger partial charge in [0, 0.05) is 12.8 Å². The van der Waals surface area contributed by atoms with Crippen LogP contribution in [0.1, 0.15) is 49.7 Å². The van der Waals surface area contributed by atoms with Crippen LogP contribution in [-0.4, -0.2) is 33.6 Å². The highest BCUT2D eigenvalue weighted by Gasteiger charge is 2.19. The van der Waals surface area contributed by atoms with E-state index in [2.05, 4.69) is 12.1 Å². The van der Waals surface area contributed by atoms with Gasteiger partial charge in [-0.1, -0.05) is 48.5 Å². The average molecular weight is 805 g/mol. The number of ether oxygens (including phenoxy) is 4. The highest BCUT2D eigenvalue weighted by Crippen LogP contribution is 2.27. The molecule has 0 aromatic heterocycles. The van der Waals surface area contributed by atoms with E-state index in [0.29, 0.717) is 61.5 Å². The summed E-state index contributed by atoms with van der Waals surface area (Å²) in [4.78, 5) is 24.9. The number of hydrogen-bond donors (Lipinski definition) is 0. The van der Waals surface area contributed by atoms with E-state index in [1.165, 1.54) is 48.5 Å². The molecule has 0 saturated carbocycles. The van der Waals surface area contributed by atoms with Gasteiger partial charge in [0.05, 0.1) is 46.3 Å². The summed E-state index contributed by atoms with van der Waals surface area (Å²) in [6.07, 6.45) is 2.72. The van der Waals surface area contributed by atoms with Crippen LogP contribution in [0.2, 0.25) is 0 Å². The van der Waals surface area contributed by atoms with Crippen molar-refractivity contribution in [3.05, 3.63) is 157 Å². The zero-order valence-corrected chi connectivity index (χ0v) is 32.9. The van der Waals surface area contributed by atoms with Crippen LogP contribution in [0.15, 0.2) is 155 Å². The average Bonchev–Trinajstić information content (AvgIpc) is 3.27. The lowest BCUT2D eigenvalue weighted by molar-refractivity contribution is -0.135. The smallest absolute Gasteiger partial charge is 0.311 e. The van der Waals surface area contributed by atoms with E-state index in [1.807, 2.05) is 72.8 Å². The first-order chi connectivity index (χ1) is 28.7. The van der Waals surface area contributed by atoms with Crippen LogP contribution in [0, 0.1) is 22.7 Å². The van der Waals surface area contributed by atoms with Crippen molar-refractivity contribution in [3.8, 4) is 57.4 Å². The van der Waals surface area contributed by atoms with E-state index in [0.717, 1.165) is 22.3 Å². The second-order valence-electron chi connectivity index (χ2n) is 13.4. The molecule has 6 aromatic carbocycles. The maximum absolute atomic E-state index is 13.3. The van der Waals surface area contributed by atoms with E-state index in [9.17, 15) is 18.0 Å². The van der Waals surface area contributed by atoms with Crippen molar-refractivity contribution in [1.29, 1.82) is 10.5 Å². The molecular formula is C48H40N2O8S. The second kappa shape index (κ2) is 20.3. The summed E-state index contributed by atoms with van der Waals surface area (Å²) in [5.41, 5.74) is 5.25. The number of esters is 2. The molecule has 0 aliphatic carbocycles. The molecule has 0 spiro atoms. The standard InChI is InChI=1S/C48H40N2O8S/c49-33-35-7-11-37(12-8-35)39-15-19-41(20-16-39)55-31-3-1-5-47(51)57-43-23-27-45(28-24-43)59(53,54)46-29-25-44(26-30-46)58-48(52)6-2-4-32-56-42-21-17-40(18-22-42)38-13-9-36(34-50)10-14-38/h7-30H,1-6,31-32H2. The molecule has 0 fully saturated rings. The summed E-state index contributed by atoms with van der Waals surface area (Å²) in [5, 5.41) is 18.0. The largest absolute Gasteiger partial charge is 0.494 e. The van der Waals surface area contributed by atoms with Crippen molar-refractivity contribution in [3.63, 3.8) is 0 Å². The number of nitrogens with zero attached hydrogens (tertiary/aromatic N) is 2. The third-order valence-electron chi connectivity index (χ3n) is 9.22. The Morgan fingerprint density at radius 2 is 0.729 bits per heavy atom. The fraction of sp³-hybridized carbons (Fsp3) is 0.167. The molecule has 10 nitrogen and oxygen atoms in total. The summed E-state index contributed by atoms with van der Waals surface area (Å²) in [7, 11) is -3.88. The van der Waals surface area contributed by atoms with Crippen LogP contribution >= 0.6 is 0 Å². The van der Waals surface area contributed by atoms with Gasteiger partial charge in [0.1, 0.15) is 23.0 Å². The summed E-state index contributed by atoms with van der Waals surface area (Å²) in [6.45, 7) is 0.855. The normalized spacial score (nSPS) is 10.8. The number of nitriles is 2. The Kier molecular flexibility index (Phi) is 14.2. The number of carbonyl (C=O) groups is 2. The van der Waals surface area contributed by atoms with Gasteiger partial charge in [-0.2, -0.15) is 10.5 Å². The molecule has 0 N–H and O–H groups in total. The number of benzene rings is 6. The van der Waals surface area contributed by atoms with Crippen LogP contribution in [0.3, 0.4) is 0 Å². The maximum atomic E-state index is 13.3. The highest BCUT2D eigenvalue weighted by molar-refractivity contribution is 7.91. The minimum Gasteiger partial charge on any atom is -0.494 e. The molecule has 0 saturated heterocycles. The van der Waals surface area contributed by atoms with E-state index in [-0.39, 0.29) is 34.1 Å². The van der Waals surface area contributed by atoms with Crippen molar-refractivity contribution >= 4 is 21.8 Å². The third-order valence-corrected chi connectivity index (χ3v) is 11.0. The lowest BCUT2D eigenvalue weighted by Gasteiger charge is -2.09. The Bertz CT molecular complexity index is 2350. The Morgan fingerprint density at radius 3 is 1.05 bits per heavy atom. The molecule has 0 bridgehead atoms. The van der Waals surface area contributed by atoms with Gasteiger partial charge >= 0.3 is 11.9 Å². The first-order valence-corrected chi connectivity index (χ1v) is 20.5. The number of sulfone groups is 1. The fourth-order valence-electron chi connectivity index (χ4n) is 5.96. The highest BCUT2D eigenvalue weighted by atomic mass is 32.2. The van der Waals surface area contributed by atoms with Gasteiger partial charge in [0.25, 0.3) is 0 Å². The zero-order valence-electron chi connectivity index (χ0n) is 32.1. The Balaban J connectivity index is 0.860. The number of unbranched alkanes of at least 4 members (excludes halogenated alkanes) is 2. The van der Waals surface area contributed by atoms with Gasteiger partial charge in [0.2, 0.25) is 9.84 Å². The Hall–Kier alpha value is -7.21. The summed E-state index contributed by atoms with van der Waals surface area (Å²) < 4.78 is 48.9. The topological polar surface area (TPSA) is 153 Å². The van der Waals surface area contributed by atoms with E-state index >= 15 is 0 Å². The molecule has 0 unspecified atom stereocenters. The second-order valence-corrected chi connectivity index (χ2v) is 15.4. The van der Waals surface area contributed by atoms with Gasteiger partial charge < -0.3 is 18.9 Å². The predicted octanol–water partition coefficient (Wildman–Crippen LogP) is 9.91. The predicted molar refractivity (Wildman–Crippen MR) is 221 cm³/mol. The quantitative estimate of drug-likeness (QED) is 0.0466. The van der Waals surface area contributed by atoms with Crippen LogP contribution in [0.4, 0.5) is 0 Å². The molecular weight excluding hydrogens is 765 g/mol. The van der Waals surface area contributed by atoms with E-state index in [1.54, 1.807) is 24.3 Å². The molecule has 59 heavy (non-hydrogen) atoms. The van der Waals surface area contributed by atoms with Crippen molar-refractivity contribution < 1.29 is 37.0 Å². The lowest BCUT2D eigenvalue weighted by atomic mass is 10.0. The van der Waals surface area contributed by atoms with Crippen molar-refractivity contribution in [2.45, 2.75) is 48.3 Å². The number of rotatable bonds is 18. The molecule has 0 atom stereocenters. The SMILES string of the molecule is N#Cc1ccc(-c2ccc(OCCCCC(=O)Oc3ccc(S(=O)(=O)c4ccc(OC(=O)CCCCOc5ccc(-c6ccc(C#N)cc6)cc5)cc4)cc3)cc2)cc1. The van der Waals surface area contributed by atoms with Crippen LogP contribution in [0.25, 0.3) is 22.3 Å². The summed E-state index contributed by atoms with van der Waals surface area (Å²) in [5.74, 6) is 1.02. The van der Waals surface area contributed by atoms with Gasteiger partial charge in [-0.15, -0.1) is 0 Å². The van der Waals surface area contributed by atoms with Crippen molar-refractivity contribution in [2.24, 2.45) is 0 Å². The lowest BCUT2D eigenvalue weighted by Crippen LogP contribution is -2.09. The number of hydrogen-bond acceptors (Lipinski definition) is 10. The fourth-order valence-corrected chi connectivity index (χ4v) is 7.22. The molecule has 6 rings (SSSR count). The monoisotopic (exact) mass is 804 g/mol. The Labute approximate surface area is 343 Å². The molecule has 6 aromatic rings. The van der Waals surface area contributed by atoms with Crippen LogP contribution in [0.5, 0.6) is 23.0 Å². The van der Waals surface area contributed by atoms with Crippen molar-refractivity contribution in [2.75, 3.05) is 13.2 Å². The zero-order chi connectivity index (χ0) is 41.5. The molecule has 0 radical (unpaired) electrons. The first-order valence-electron chi connectivity index (χ1n) is 19.0. The summed E-state index contributed by atoms with van der Waals surface area (Å²) >= 11 is 0. The minimum atomic E-state index is -3.88. The van der Waals surface area contributed by atoms with Crippen LogP contribution in [-0.2, 0) is 19.4 Å².